The average Bonchev–Trinajstić information content (AvgIpc) is 3.06. The number of aromatic nitrogens is 1. The third kappa shape index (κ3) is 2.80. The largest absolute Gasteiger partial charge is 0.361 e. The minimum Gasteiger partial charge on any atom is -0.361 e. The monoisotopic (exact) mass is 402 g/mol. The molecule has 156 valence electrons. The summed E-state index contributed by atoms with van der Waals surface area (Å²) in [7, 11) is 2.06. The molecule has 0 fully saturated rings. The first-order chi connectivity index (χ1) is 14.1. The van der Waals surface area contributed by atoms with E-state index in [1.807, 2.05) is 18.3 Å². The number of fused-ring (bicyclic) bond motifs is 1. The zero-order chi connectivity index (χ0) is 21.4. The summed E-state index contributed by atoms with van der Waals surface area (Å²) in [6, 6.07) is 8.18. The second-order valence-corrected chi connectivity index (χ2v) is 10.9. The number of carbonyl (C=O) groups excluding carboxylic acids is 2. The summed E-state index contributed by atoms with van der Waals surface area (Å²) in [6.45, 7) is 8.68. The maximum atomic E-state index is 13.5. The van der Waals surface area contributed by atoms with Crippen molar-refractivity contribution in [2.24, 2.45) is 10.8 Å². The molecule has 0 bridgehead atoms. The van der Waals surface area contributed by atoms with E-state index in [0.717, 1.165) is 51.8 Å². The maximum absolute atomic E-state index is 13.5. The molecule has 0 amide bonds. The van der Waals surface area contributed by atoms with E-state index >= 15 is 0 Å². The minimum absolute atomic E-state index is 0.0683. The van der Waals surface area contributed by atoms with Gasteiger partial charge in [-0.25, -0.2) is 0 Å². The van der Waals surface area contributed by atoms with Gasteiger partial charge in [-0.1, -0.05) is 45.9 Å². The van der Waals surface area contributed by atoms with Crippen LogP contribution in [-0.4, -0.2) is 28.5 Å². The van der Waals surface area contributed by atoms with E-state index in [2.05, 4.69) is 56.8 Å². The van der Waals surface area contributed by atoms with Crippen LogP contribution in [-0.2, 0) is 9.59 Å². The Morgan fingerprint density at radius 1 is 0.867 bits per heavy atom. The molecule has 0 radical (unpaired) electrons. The molecule has 4 nitrogen and oxygen atoms in total. The number of aromatic amines is 1. The SMILES string of the molecule is CN1C2=C(C(=O)CC(C)(C)C2)C(c2c[nH]c3ccccc23)C2=C1CC(C)(C)CC2=O. The second kappa shape index (κ2) is 6.19. The van der Waals surface area contributed by atoms with Gasteiger partial charge in [0.25, 0.3) is 0 Å². The summed E-state index contributed by atoms with van der Waals surface area (Å²) in [4.78, 5) is 32.6. The molecule has 2 aliphatic carbocycles. The molecule has 2 heterocycles. The number of hydrogen-bond acceptors (Lipinski definition) is 3. The summed E-state index contributed by atoms with van der Waals surface area (Å²) in [5.41, 5.74) is 5.86. The minimum atomic E-state index is -0.269. The van der Waals surface area contributed by atoms with Crippen molar-refractivity contribution in [2.75, 3.05) is 7.05 Å². The van der Waals surface area contributed by atoms with E-state index in [4.69, 9.17) is 0 Å². The van der Waals surface area contributed by atoms with Crippen molar-refractivity contribution in [3.05, 3.63) is 58.6 Å². The molecule has 4 heteroatoms. The second-order valence-electron chi connectivity index (χ2n) is 10.9. The van der Waals surface area contributed by atoms with Crippen LogP contribution < -0.4 is 0 Å². The molecule has 1 N–H and O–H groups in total. The first kappa shape index (κ1) is 19.3. The van der Waals surface area contributed by atoms with Crippen molar-refractivity contribution in [3.63, 3.8) is 0 Å². The number of allylic oxidation sites excluding steroid dienone is 4. The normalized spacial score (nSPS) is 23.8. The highest BCUT2D eigenvalue weighted by Gasteiger charge is 2.48. The molecule has 1 aromatic heterocycles. The Labute approximate surface area is 178 Å². The number of H-pyrrole nitrogens is 1. The molecule has 2 aromatic rings. The van der Waals surface area contributed by atoms with Gasteiger partial charge in [-0.3, -0.25) is 9.59 Å². The van der Waals surface area contributed by atoms with Gasteiger partial charge in [-0.15, -0.1) is 0 Å². The lowest BCUT2D eigenvalue weighted by Crippen LogP contribution is -2.43. The molecular weight excluding hydrogens is 372 g/mol. The highest BCUT2D eigenvalue weighted by atomic mass is 16.1. The van der Waals surface area contributed by atoms with Crippen LogP contribution in [0, 0.1) is 10.8 Å². The molecule has 0 saturated carbocycles. The lowest BCUT2D eigenvalue weighted by atomic mass is 9.64. The zero-order valence-electron chi connectivity index (χ0n) is 18.6. The number of para-hydroxylation sites is 1. The van der Waals surface area contributed by atoms with E-state index < -0.39 is 0 Å². The highest BCUT2D eigenvalue weighted by molar-refractivity contribution is 6.08. The van der Waals surface area contributed by atoms with E-state index in [1.54, 1.807) is 0 Å². The zero-order valence-corrected chi connectivity index (χ0v) is 18.6. The van der Waals surface area contributed by atoms with E-state index in [1.165, 1.54) is 0 Å². The van der Waals surface area contributed by atoms with Gasteiger partial charge in [0.2, 0.25) is 0 Å². The van der Waals surface area contributed by atoms with Gasteiger partial charge < -0.3 is 9.88 Å². The summed E-state index contributed by atoms with van der Waals surface area (Å²) < 4.78 is 0. The Morgan fingerprint density at radius 3 is 1.97 bits per heavy atom. The van der Waals surface area contributed by atoms with Crippen molar-refractivity contribution in [2.45, 2.75) is 59.3 Å². The lowest BCUT2D eigenvalue weighted by Gasteiger charge is -2.47. The van der Waals surface area contributed by atoms with Crippen molar-refractivity contribution < 1.29 is 9.59 Å². The third-order valence-corrected chi connectivity index (χ3v) is 7.11. The number of carbonyl (C=O) groups is 2. The summed E-state index contributed by atoms with van der Waals surface area (Å²) >= 11 is 0. The van der Waals surface area contributed by atoms with Crippen LogP contribution in [0.1, 0.15) is 64.9 Å². The van der Waals surface area contributed by atoms with Crippen LogP contribution >= 0.6 is 0 Å². The molecule has 0 spiro atoms. The molecule has 30 heavy (non-hydrogen) atoms. The van der Waals surface area contributed by atoms with Gasteiger partial charge in [0.1, 0.15) is 0 Å². The van der Waals surface area contributed by atoms with Gasteiger partial charge in [0.15, 0.2) is 11.6 Å². The number of benzene rings is 1. The van der Waals surface area contributed by atoms with Crippen molar-refractivity contribution in [1.29, 1.82) is 0 Å². The predicted molar refractivity (Wildman–Crippen MR) is 119 cm³/mol. The van der Waals surface area contributed by atoms with E-state index in [9.17, 15) is 9.59 Å². The average molecular weight is 403 g/mol. The molecular formula is C26H30N2O2. The lowest BCUT2D eigenvalue weighted by molar-refractivity contribution is -0.119. The first-order valence-corrected chi connectivity index (χ1v) is 10.9. The fourth-order valence-electron chi connectivity index (χ4n) is 5.81. The van der Waals surface area contributed by atoms with Gasteiger partial charge in [-0.05, 0) is 35.3 Å². The molecule has 5 rings (SSSR count). The molecule has 0 saturated heterocycles. The topological polar surface area (TPSA) is 53.2 Å². The molecule has 0 unspecified atom stereocenters. The summed E-state index contributed by atoms with van der Waals surface area (Å²) in [6.07, 6.45) is 4.78. The van der Waals surface area contributed by atoms with Crippen LogP contribution in [0.4, 0.5) is 0 Å². The van der Waals surface area contributed by atoms with E-state index in [-0.39, 0.29) is 28.3 Å². The Morgan fingerprint density at radius 2 is 1.40 bits per heavy atom. The van der Waals surface area contributed by atoms with Crippen LogP contribution in [0.2, 0.25) is 0 Å². The number of nitrogens with zero attached hydrogens (tertiary/aromatic N) is 1. The summed E-state index contributed by atoms with van der Waals surface area (Å²) in [5.74, 6) is 0.106. The Bertz CT molecular complexity index is 1100. The van der Waals surface area contributed by atoms with Crippen molar-refractivity contribution in [1.82, 2.24) is 9.88 Å². The maximum Gasteiger partial charge on any atom is 0.162 e. The third-order valence-electron chi connectivity index (χ3n) is 7.11. The van der Waals surface area contributed by atoms with Crippen molar-refractivity contribution in [3.8, 4) is 0 Å². The van der Waals surface area contributed by atoms with Crippen LogP contribution in [0.15, 0.2) is 53.0 Å². The van der Waals surface area contributed by atoms with Crippen LogP contribution in [0.3, 0.4) is 0 Å². The number of nitrogens with one attached hydrogen (secondary N) is 1. The molecule has 0 atom stereocenters. The van der Waals surface area contributed by atoms with Gasteiger partial charge in [0, 0.05) is 65.4 Å². The standard InChI is InChI=1S/C26H30N2O2/c1-25(2)10-18-23(20(29)12-25)22(16-14-27-17-9-7-6-8-15(16)17)24-19(28(18)5)11-26(3,4)13-21(24)30/h6-9,14,22,27H,10-13H2,1-5H3. The fourth-order valence-corrected chi connectivity index (χ4v) is 5.81. The fraction of sp³-hybridized carbons (Fsp3) is 0.462. The van der Waals surface area contributed by atoms with Crippen LogP contribution in [0.5, 0.6) is 0 Å². The smallest absolute Gasteiger partial charge is 0.162 e. The number of Topliss-reactive ketones (excluding diaryl/α,β-unsaturated/α-hetero) is 2. The van der Waals surface area contributed by atoms with Gasteiger partial charge >= 0.3 is 0 Å². The molecule has 1 aliphatic heterocycles. The quantitative estimate of drug-likeness (QED) is 0.687. The first-order valence-electron chi connectivity index (χ1n) is 10.9. The Kier molecular flexibility index (Phi) is 3.99. The van der Waals surface area contributed by atoms with E-state index in [0.29, 0.717) is 12.8 Å². The number of ketones is 2. The molecule has 3 aliphatic rings. The Balaban J connectivity index is 1.80. The van der Waals surface area contributed by atoms with Crippen LogP contribution in [0.25, 0.3) is 10.9 Å². The van der Waals surface area contributed by atoms with Crippen molar-refractivity contribution >= 4 is 22.5 Å². The molecule has 1 aromatic carbocycles. The number of hydrogen-bond donors (Lipinski definition) is 1. The number of rotatable bonds is 1. The van der Waals surface area contributed by atoms with Gasteiger partial charge in [-0.2, -0.15) is 0 Å². The highest BCUT2D eigenvalue weighted by Crippen LogP contribution is 2.54. The van der Waals surface area contributed by atoms with Gasteiger partial charge in [0.05, 0.1) is 0 Å². The predicted octanol–water partition coefficient (Wildman–Crippen LogP) is 5.48. The Hall–Kier alpha value is -2.62. The summed E-state index contributed by atoms with van der Waals surface area (Å²) in [5, 5.41) is 1.10.